The molecule has 0 radical (unpaired) electrons. The molecule has 2 nitrogen and oxygen atoms in total. The fraction of sp³-hybridized carbons (Fsp3) is 0.467. The molecule has 4 heteroatoms. The smallest absolute Gasteiger partial charge is 0.100 e. The Morgan fingerprint density at radius 2 is 1.26 bits per heavy atom. The van der Waals surface area contributed by atoms with E-state index in [2.05, 4.69) is 133 Å². The average molecular weight is 496 g/mol. The van der Waals surface area contributed by atoms with Gasteiger partial charge in [0, 0.05) is 7.05 Å². The van der Waals surface area contributed by atoms with Crippen LogP contribution in [0.15, 0.2) is 66.7 Å². The van der Waals surface area contributed by atoms with Crippen LogP contribution in [0.5, 0.6) is 0 Å². The van der Waals surface area contributed by atoms with Crippen molar-refractivity contribution in [1.82, 2.24) is 4.31 Å². The topological polar surface area (TPSA) is 20.3 Å². The van der Waals surface area contributed by atoms with Crippen LogP contribution in [0, 0.1) is 0 Å². The first-order valence-electron chi connectivity index (χ1n) is 12.1. The third-order valence-corrected chi connectivity index (χ3v) is 11.4. The van der Waals surface area contributed by atoms with Crippen LogP contribution in [0.3, 0.4) is 0 Å². The van der Waals surface area contributed by atoms with Gasteiger partial charge in [0.15, 0.2) is 0 Å². The number of hydrogen-bond acceptors (Lipinski definition) is 1. The number of nitrogens with zero attached hydrogens (tertiary/aromatic N) is 1. The monoisotopic (exact) mass is 495 g/mol. The van der Waals surface area contributed by atoms with E-state index >= 15 is 0 Å². The lowest BCUT2D eigenvalue weighted by atomic mass is 9.96. The van der Waals surface area contributed by atoms with Gasteiger partial charge in [-0.1, -0.05) is 110 Å². The summed E-state index contributed by atoms with van der Waals surface area (Å²) in [6.45, 7) is 20.4. The molecule has 0 aliphatic heterocycles. The van der Waals surface area contributed by atoms with E-state index in [-0.39, 0.29) is 21.1 Å². The number of hydrogen-bond donors (Lipinski definition) is 0. The van der Waals surface area contributed by atoms with E-state index in [9.17, 15) is 4.21 Å². The van der Waals surface area contributed by atoms with Gasteiger partial charge in [0.05, 0.1) is 10.8 Å². The Kier molecular flexibility index (Phi) is 7.83. The van der Waals surface area contributed by atoms with Crippen molar-refractivity contribution < 1.29 is 4.21 Å². The van der Waals surface area contributed by atoms with Crippen molar-refractivity contribution in [3.8, 4) is 0 Å². The Labute approximate surface area is 211 Å². The van der Waals surface area contributed by atoms with Crippen molar-refractivity contribution in [2.45, 2.75) is 83.4 Å². The van der Waals surface area contributed by atoms with Crippen molar-refractivity contribution in [3.05, 3.63) is 77.9 Å². The molecule has 3 aromatic carbocycles. The van der Waals surface area contributed by atoms with Crippen molar-refractivity contribution in [2.75, 3.05) is 7.05 Å². The van der Waals surface area contributed by atoms with Crippen LogP contribution in [0.2, 0.25) is 0 Å². The van der Waals surface area contributed by atoms with Crippen LogP contribution < -0.4 is 5.30 Å². The van der Waals surface area contributed by atoms with E-state index < -0.39 is 18.9 Å². The van der Waals surface area contributed by atoms with E-state index in [1.165, 1.54) is 27.2 Å². The molecule has 0 N–H and O–H groups in total. The molecule has 0 saturated heterocycles. The van der Waals surface area contributed by atoms with Gasteiger partial charge in [-0.05, 0) is 64.4 Å². The first-order valence-corrected chi connectivity index (χ1v) is 14.6. The van der Waals surface area contributed by atoms with Crippen molar-refractivity contribution in [2.24, 2.45) is 0 Å². The molecule has 0 fully saturated rings. The van der Waals surface area contributed by atoms with Gasteiger partial charge in [0.2, 0.25) is 0 Å². The molecule has 0 aliphatic rings. The third-order valence-electron chi connectivity index (χ3n) is 6.05. The highest BCUT2D eigenvalue weighted by Gasteiger charge is 2.39. The Hall–Kier alpha value is -1.54. The Bertz CT molecular complexity index is 1150. The highest BCUT2D eigenvalue weighted by Crippen LogP contribution is 2.59. The fourth-order valence-corrected chi connectivity index (χ4v) is 10.6. The summed E-state index contributed by atoms with van der Waals surface area (Å²) >= 11 is 0. The minimum Gasteiger partial charge on any atom is -0.242 e. The third kappa shape index (κ3) is 5.81. The van der Waals surface area contributed by atoms with E-state index in [0.717, 1.165) is 0 Å². The molecule has 34 heavy (non-hydrogen) atoms. The van der Waals surface area contributed by atoms with E-state index in [1.807, 2.05) is 7.05 Å². The summed E-state index contributed by atoms with van der Waals surface area (Å²) in [5, 5.41) is 4.13. The molecule has 0 aliphatic carbocycles. The molecule has 0 saturated carbocycles. The van der Waals surface area contributed by atoms with Gasteiger partial charge in [-0.25, -0.2) is 8.51 Å². The second-order valence-corrected chi connectivity index (χ2v) is 18.3. The van der Waals surface area contributed by atoms with Crippen molar-refractivity contribution >= 4 is 35.0 Å². The lowest BCUT2D eigenvalue weighted by Gasteiger charge is -2.44. The average Bonchev–Trinajstić information content (AvgIpc) is 2.71. The van der Waals surface area contributed by atoms with Crippen LogP contribution in [0.25, 0.3) is 10.8 Å². The SMILES string of the molecule is CN(C(c1ccc2ccccc2c1)c1ccccc1P(C(C)(C)C)C(C)(C)C)S(=O)C(C)(C)C. The van der Waals surface area contributed by atoms with Gasteiger partial charge in [0.25, 0.3) is 0 Å². The Balaban J connectivity index is 2.31. The summed E-state index contributed by atoms with van der Waals surface area (Å²) in [7, 11) is 0.338. The van der Waals surface area contributed by atoms with Crippen molar-refractivity contribution in [1.29, 1.82) is 0 Å². The number of rotatable bonds is 5. The van der Waals surface area contributed by atoms with Gasteiger partial charge in [-0.2, -0.15) is 0 Å². The maximum absolute atomic E-state index is 13.7. The summed E-state index contributed by atoms with van der Waals surface area (Å²) < 4.78 is 15.5. The van der Waals surface area contributed by atoms with Crippen molar-refractivity contribution in [3.63, 3.8) is 0 Å². The minimum atomic E-state index is -1.17. The molecule has 0 heterocycles. The highest BCUT2D eigenvalue weighted by molar-refractivity contribution is 7.84. The molecule has 0 bridgehead atoms. The molecule has 3 rings (SSSR count). The fourth-order valence-electron chi connectivity index (χ4n) is 5.14. The molecule has 184 valence electrons. The highest BCUT2D eigenvalue weighted by atomic mass is 32.2. The van der Waals surface area contributed by atoms with E-state index in [4.69, 9.17) is 0 Å². The second-order valence-electron chi connectivity index (χ2n) is 12.2. The standard InChI is InChI=1S/C30H42NOPS/c1-28(2,3)33(29(4,5)6)26-18-14-13-17-25(26)27(31(10)34(32)30(7,8)9)24-20-19-22-15-11-12-16-23(22)21-24/h11-21,27H,1-10H3. The zero-order chi connectivity index (χ0) is 25.5. The predicted molar refractivity (Wildman–Crippen MR) is 154 cm³/mol. The number of benzene rings is 3. The van der Waals surface area contributed by atoms with Gasteiger partial charge < -0.3 is 0 Å². The van der Waals surface area contributed by atoms with E-state index in [0.29, 0.717) is 0 Å². The van der Waals surface area contributed by atoms with Crippen LogP contribution in [0.4, 0.5) is 0 Å². The maximum atomic E-state index is 13.7. The summed E-state index contributed by atoms with van der Waals surface area (Å²) in [5.74, 6) is 0. The van der Waals surface area contributed by atoms with Crippen LogP contribution >= 0.6 is 7.92 Å². The molecular formula is C30H42NOPS. The molecule has 2 atom stereocenters. The molecule has 2 unspecified atom stereocenters. The van der Waals surface area contributed by atoms with Crippen LogP contribution in [-0.2, 0) is 11.0 Å². The minimum absolute atomic E-state index is 0.101. The maximum Gasteiger partial charge on any atom is 0.100 e. The zero-order valence-electron chi connectivity index (χ0n) is 22.6. The molecule has 0 spiro atoms. The molecule has 0 amide bonds. The van der Waals surface area contributed by atoms with Gasteiger partial charge in [0.1, 0.15) is 11.0 Å². The summed E-state index contributed by atoms with van der Waals surface area (Å²) in [5.41, 5.74) is 2.46. The summed E-state index contributed by atoms with van der Waals surface area (Å²) in [6, 6.07) is 24.0. The Morgan fingerprint density at radius 3 is 1.82 bits per heavy atom. The van der Waals surface area contributed by atoms with Gasteiger partial charge in [-0.15, -0.1) is 0 Å². The normalized spacial score (nSPS) is 15.2. The largest absolute Gasteiger partial charge is 0.242 e. The first-order chi connectivity index (χ1) is 15.6. The first kappa shape index (κ1) is 27.1. The molecular weight excluding hydrogens is 453 g/mol. The second kappa shape index (κ2) is 9.84. The van der Waals surface area contributed by atoms with E-state index in [1.54, 1.807) is 0 Å². The van der Waals surface area contributed by atoms with Gasteiger partial charge >= 0.3 is 0 Å². The van der Waals surface area contributed by atoms with Gasteiger partial charge in [-0.3, -0.25) is 0 Å². The van der Waals surface area contributed by atoms with Crippen LogP contribution in [0.1, 0.15) is 79.5 Å². The molecule has 3 aromatic rings. The lowest BCUT2D eigenvalue weighted by molar-refractivity contribution is 0.441. The quantitative estimate of drug-likeness (QED) is 0.328. The zero-order valence-corrected chi connectivity index (χ0v) is 24.4. The summed E-state index contributed by atoms with van der Waals surface area (Å²) in [6.07, 6.45) is 0. The Morgan fingerprint density at radius 1 is 0.735 bits per heavy atom. The molecule has 0 aromatic heterocycles. The lowest BCUT2D eigenvalue weighted by Crippen LogP contribution is -2.40. The summed E-state index contributed by atoms with van der Waals surface area (Å²) in [4.78, 5) is 0. The predicted octanol–water partition coefficient (Wildman–Crippen LogP) is 8.03. The van der Waals surface area contributed by atoms with Crippen LogP contribution in [-0.4, -0.2) is 30.6 Å². The number of fused-ring (bicyclic) bond motifs is 1.